The van der Waals surface area contributed by atoms with Crippen LogP contribution in [0, 0.1) is 34.5 Å². The maximum Gasteiger partial charge on any atom is 0.0689 e. The number of nitrogens with zero attached hydrogens (tertiary/aromatic N) is 1. The van der Waals surface area contributed by atoms with E-state index in [1.807, 2.05) is 0 Å². The summed E-state index contributed by atoms with van der Waals surface area (Å²) >= 11 is 0. The van der Waals surface area contributed by atoms with Gasteiger partial charge in [-0.1, -0.05) is 78.1 Å². The average molecular weight is 318 g/mol. The Morgan fingerprint density at radius 2 is 1.65 bits per heavy atom. The van der Waals surface area contributed by atoms with Crippen LogP contribution < -0.4 is 0 Å². The van der Waals surface area contributed by atoms with Gasteiger partial charge in [0.25, 0.3) is 0 Å². The fraction of sp³-hybridized carbons (Fsp3) is 0.955. The van der Waals surface area contributed by atoms with Crippen LogP contribution in [0.1, 0.15) is 110 Å². The molecule has 0 spiro atoms. The molecule has 132 valence electrons. The first-order valence-corrected chi connectivity index (χ1v) is 10.6. The molecule has 0 aromatic heterocycles. The van der Waals surface area contributed by atoms with Crippen LogP contribution in [0.2, 0.25) is 0 Å². The molecule has 0 heterocycles. The van der Waals surface area contributed by atoms with Crippen LogP contribution in [0.4, 0.5) is 0 Å². The molecule has 2 aliphatic carbocycles. The van der Waals surface area contributed by atoms with Crippen molar-refractivity contribution in [3.05, 3.63) is 0 Å². The molecule has 2 saturated carbocycles. The number of unbranched alkanes of at least 4 members (excludes halogenated alkanes) is 3. The lowest BCUT2D eigenvalue weighted by atomic mass is 9.62. The van der Waals surface area contributed by atoms with Gasteiger partial charge < -0.3 is 0 Å². The monoisotopic (exact) mass is 317 g/mol. The summed E-state index contributed by atoms with van der Waals surface area (Å²) in [4.78, 5) is 0. The SMILES string of the molecule is CCCCCC1CCC(C2CCCC(C#N)(CCCC)C2)CC1. The van der Waals surface area contributed by atoms with Gasteiger partial charge in [-0.05, 0) is 49.9 Å². The van der Waals surface area contributed by atoms with E-state index in [2.05, 4.69) is 19.9 Å². The van der Waals surface area contributed by atoms with Crippen molar-refractivity contribution < 1.29 is 0 Å². The molecule has 23 heavy (non-hydrogen) atoms. The highest BCUT2D eigenvalue weighted by atomic mass is 14.5. The second-order valence-corrected chi connectivity index (χ2v) is 8.63. The third kappa shape index (κ3) is 5.51. The van der Waals surface area contributed by atoms with Gasteiger partial charge in [-0.3, -0.25) is 0 Å². The lowest BCUT2D eigenvalue weighted by Gasteiger charge is -2.42. The van der Waals surface area contributed by atoms with Gasteiger partial charge in [0.1, 0.15) is 0 Å². The highest BCUT2D eigenvalue weighted by Crippen LogP contribution is 2.48. The molecule has 0 aromatic rings. The largest absolute Gasteiger partial charge is 0.198 e. The van der Waals surface area contributed by atoms with Crippen LogP contribution >= 0.6 is 0 Å². The van der Waals surface area contributed by atoms with Crippen LogP contribution in [0.5, 0.6) is 0 Å². The van der Waals surface area contributed by atoms with E-state index < -0.39 is 0 Å². The van der Waals surface area contributed by atoms with Crippen molar-refractivity contribution in [2.75, 3.05) is 0 Å². The minimum absolute atomic E-state index is 0.0386. The van der Waals surface area contributed by atoms with E-state index in [0.717, 1.165) is 24.2 Å². The summed E-state index contributed by atoms with van der Waals surface area (Å²) in [6.45, 7) is 4.56. The Hall–Kier alpha value is -0.510. The lowest BCUT2D eigenvalue weighted by Crippen LogP contribution is -2.32. The summed E-state index contributed by atoms with van der Waals surface area (Å²) in [6.07, 6.45) is 20.3. The zero-order valence-corrected chi connectivity index (χ0v) is 15.8. The van der Waals surface area contributed by atoms with Gasteiger partial charge in [-0.2, -0.15) is 5.26 Å². The van der Waals surface area contributed by atoms with Crippen molar-refractivity contribution >= 4 is 0 Å². The number of hydrogen-bond acceptors (Lipinski definition) is 1. The van der Waals surface area contributed by atoms with E-state index in [0.29, 0.717) is 0 Å². The van der Waals surface area contributed by atoms with Gasteiger partial charge >= 0.3 is 0 Å². The van der Waals surface area contributed by atoms with E-state index in [1.165, 1.54) is 89.9 Å². The second kappa shape index (κ2) is 9.71. The third-order valence-electron chi connectivity index (χ3n) is 6.90. The molecule has 2 fully saturated rings. The Balaban J connectivity index is 1.80. The van der Waals surface area contributed by atoms with Crippen LogP contribution in [0.25, 0.3) is 0 Å². The summed E-state index contributed by atoms with van der Waals surface area (Å²) in [5.74, 6) is 2.81. The summed E-state index contributed by atoms with van der Waals surface area (Å²) in [7, 11) is 0. The van der Waals surface area contributed by atoms with Crippen LogP contribution in [-0.4, -0.2) is 0 Å². The van der Waals surface area contributed by atoms with Crippen molar-refractivity contribution in [3.63, 3.8) is 0 Å². The molecule has 0 N–H and O–H groups in total. The maximum atomic E-state index is 9.80. The fourth-order valence-electron chi connectivity index (χ4n) is 5.34. The highest BCUT2D eigenvalue weighted by Gasteiger charge is 2.39. The summed E-state index contributed by atoms with van der Waals surface area (Å²) in [6, 6.07) is 2.76. The summed E-state index contributed by atoms with van der Waals surface area (Å²) < 4.78 is 0. The first-order valence-electron chi connectivity index (χ1n) is 10.6. The molecule has 0 aromatic carbocycles. The molecule has 2 rings (SSSR count). The van der Waals surface area contributed by atoms with Gasteiger partial charge in [0.2, 0.25) is 0 Å². The van der Waals surface area contributed by atoms with Gasteiger partial charge in [0.05, 0.1) is 11.5 Å². The molecule has 1 heteroatoms. The van der Waals surface area contributed by atoms with Crippen molar-refractivity contribution in [3.8, 4) is 6.07 Å². The minimum Gasteiger partial charge on any atom is -0.198 e. The normalized spacial score (nSPS) is 34.9. The standard InChI is InChI=1S/C22H39N/c1-3-5-7-9-19-11-13-20(14-12-19)21-10-8-16-22(17-21,18-23)15-6-4-2/h19-21H,3-17H2,1-2H3. The van der Waals surface area contributed by atoms with Crippen LogP contribution in [0.3, 0.4) is 0 Å². The fourth-order valence-corrected chi connectivity index (χ4v) is 5.34. The summed E-state index contributed by atoms with van der Waals surface area (Å²) in [5, 5.41) is 9.80. The van der Waals surface area contributed by atoms with E-state index in [1.54, 1.807) is 0 Å². The Kier molecular flexibility index (Phi) is 7.94. The molecule has 1 nitrogen and oxygen atoms in total. The minimum atomic E-state index is 0.0386. The Labute approximate surface area is 145 Å². The van der Waals surface area contributed by atoms with E-state index in [4.69, 9.17) is 0 Å². The van der Waals surface area contributed by atoms with Gasteiger partial charge in [-0.15, -0.1) is 0 Å². The number of hydrogen-bond donors (Lipinski definition) is 0. The Bertz CT molecular complexity index is 361. The zero-order chi connectivity index (χ0) is 16.5. The van der Waals surface area contributed by atoms with Crippen molar-refractivity contribution in [2.45, 2.75) is 110 Å². The van der Waals surface area contributed by atoms with E-state index in [-0.39, 0.29) is 5.41 Å². The second-order valence-electron chi connectivity index (χ2n) is 8.63. The van der Waals surface area contributed by atoms with Crippen LogP contribution in [-0.2, 0) is 0 Å². The van der Waals surface area contributed by atoms with Gasteiger partial charge in [0, 0.05) is 0 Å². The molecule has 0 aliphatic heterocycles. The first kappa shape index (κ1) is 18.8. The molecule has 0 bridgehead atoms. The topological polar surface area (TPSA) is 23.8 Å². The molecule has 2 atom stereocenters. The smallest absolute Gasteiger partial charge is 0.0689 e. The molecule has 2 unspecified atom stereocenters. The third-order valence-corrected chi connectivity index (χ3v) is 6.90. The molecule has 0 saturated heterocycles. The quantitative estimate of drug-likeness (QED) is 0.432. The van der Waals surface area contributed by atoms with Crippen molar-refractivity contribution in [1.82, 2.24) is 0 Å². The molecular formula is C22H39N. The zero-order valence-electron chi connectivity index (χ0n) is 15.8. The van der Waals surface area contributed by atoms with Gasteiger partial charge in [-0.25, -0.2) is 0 Å². The highest BCUT2D eigenvalue weighted by molar-refractivity contribution is 5.03. The molecule has 0 radical (unpaired) electrons. The lowest BCUT2D eigenvalue weighted by molar-refractivity contribution is 0.102. The van der Waals surface area contributed by atoms with E-state index in [9.17, 15) is 5.26 Å². The molecular weight excluding hydrogens is 278 g/mol. The number of rotatable bonds is 8. The first-order chi connectivity index (χ1) is 11.2. The maximum absolute atomic E-state index is 9.80. The number of nitriles is 1. The molecule has 2 aliphatic rings. The Morgan fingerprint density at radius 3 is 2.30 bits per heavy atom. The molecule has 0 amide bonds. The van der Waals surface area contributed by atoms with E-state index >= 15 is 0 Å². The van der Waals surface area contributed by atoms with Crippen LogP contribution in [0.15, 0.2) is 0 Å². The average Bonchev–Trinajstić information content (AvgIpc) is 2.61. The van der Waals surface area contributed by atoms with Gasteiger partial charge in [0.15, 0.2) is 0 Å². The summed E-state index contributed by atoms with van der Waals surface area (Å²) in [5.41, 5.74) is 0.0386. The predicted molar refractivity (Wildman–Crippen MR) is 99.1 cm³/mol. The van der Waals surface area contributed by atoms with Crippen molar-refractivity contribution in [2.24, 2.45) is 23.2 Å². The van der Waals surface area contributed by atoms with Crippen molar-refractivity contribution in [1.29, 1.82) is 5.26 Å². The predicted octanol–water partition coefficient (Wildman–Crippen LogP) is 7.26. The Morgan fingerprint density at radius 1 is 0.913 bits per heavy atom.